The van der Waals surface area contributed by atoms with E-state index in [0.717, 1.165) is 18.2 Å². The first kappa shape index (κ1) is 11.2. The lowest BCUT2D eigenvalue weighted by Gasteiger charge is -2.08. The van der Waals surface area contributed by atoms with E-state index in [-0.39, 0.29) is 6.61 Å². The highest BCUT2D eigenvalue weighted by atomic mass is 32.2. The Morgan fingerprint density at radius 1 is 1.57 bits per heavy atom. The average molecular weight is 214 g/mol. The Bertz CT molecular complexity index is 350. The van der Waals surface area contributed by atoms with Crippen LogP contribution in [0.5, 0.6) is 0 Å². The molecule has 0 N–H and O–H groups in total. The predicted octanol–water partition coefficient (Wildman–Crippen LogP) is 2.14. The lowest BCUT2D eigenvalue weighted by Crippen LogP contribution is -2.04. The van der Waals surface area contributed by atoms with Crippen LogP contribution in [-0.4, -0.2) is 15.0 Å². The summed E-state index contributed by atoms with van der Waals surface area (Å²) >= 11 is 0. The maximum Gasteiger partial charge on any atom is 0.289 e. The first-order valence-electron chi connectivity index (χ1n) is 4.50. The van der Waals surface area contributed by atoms with Crippen LogP contribution in [0.2, 0.25) is 0 Å². The van der Waals surface area contributed by atoms with Crippen molar-refractivity contribution in [3.05, 3.63) is 35.8 Å². The van der Waals surface area contributed by atoms with Gasteiger partial charge in [-0.1, -0.05) is 30.4 Å². The summed E-state index contributed by atoms with van der Waals surface area (Å²) in [6.07, 6.45) is 8.77. The molecule has 3 nitrogen and oxygen atoms in total. The highest BCUT2D eigenvalue weighted by molar-refractivity contribution is 7.89. The van der Waals surface area contributed by atoms with Crippen LogP contribution in [0.15, 0.2) is 35.8 Å². The Morgan fingerprint density at radius 2 is 2.36 bits per heavy atom. The van der Waals surface area contributed by atoms with Gasteiger partial charge in [0.2, 0.25) is 0 Å². The molecule has 0 fully saturated rings. The van der Waals surface area contributed by atoms with Crippen LogP contribution in [0.4, 0.5) is 0 Å². The van der Waals surface area contributed by atoms with Gasteiger partial charge in [-0.05, 0) is 19.3 Å². The van der Waals surface area contributed by atoms with Crippen LogP contribution in [0, 0.1) is 0 Å². The third-order valence-electron chi connectivity index (χ3n) is 1.98. The monoisotopic (exact) mass is 214 g/mol. The van der Waals surface area contributed by atoms with Crippen molar-refractivity contribution in [1.82, 2.24) is 0 Å². The van der Waals surface area contributed by atoms with Crippen LogP contribution >= 0.6 is 0 Å². The molecule has 0 spiro atoms. The van der Waals surface area contributed by atoms with Gasteiger partial charge in [-0.25, -0.2) is 0 Å². The van der Waals surface area contributed by atoms with Crippen molar-refractivity contribution in [3.63, 3.8) is 0 Å². The Morgan fingerprint density at radius 3 is 2.93 bits per heavy atom. The van der Waals surface area contributed by atoms with Crippen LogP contribution in [0.3, 0.4) is 0 Å². The third-order valence-corrected chi connectivity index (χ3v) is 2.88. The molecule has 0 bridgehead atoms. The van der Waals surface area contributed by atoms with E-state index in [9.17, 15) is 8.42 Å². The van der Waals surface area contributed by atoms with E-state index >= 15 is 0 Å². The molecule has 78 valence electrons. The molecule has 0 heterocycles. The number of allylic oxidation sites excluding steroid dienone is 3. The zero-order valence-electron chi connectivity index (χ0n) is 7.98. The molecule has 0 atom stereocenters. The van der Waals surface area contributed by atoms with Crippen molar-refractivity contribution in [1.29, 1.82) is 0 Å². The topological polar surface area (TPSA) is 43.4 Å². The van der Waals surface area contributed by atoms with Gasteiger partial charge in [0, 0.05) is 0 Å². The normalized spacial score (nSPS) is 16.4. The molecule has 0 unspecified atom stereocenters. The van der Waals surface area contributed by atoms with E-state index < -0.39 is 10.1 Å². The lowest BCUT2D eigenvalue weighted by atomic mass is 10.0. The van der Waals surface area contributed by atoms with Crippen LogP contribution < -0.4 is 0 Å². The molecule has 1 rings (SSSR count). The molecule has 0 radical (unpaired) electrons. The summed E-state index contributed by atoms with van der Waals surface area (Å²) in [6.45, 7) is 3.36. The molecule has 14 heavy (non-hydrogen) atoms. The van der Waals surface area contributed by atoms with Gasteiger partial charge in [-0.2, -0.15) is 8.42 Å². The second kappa shape index (κ2) is 5.12. The van der Waals surface area contributed by atoms with Crippen LogP contribution in [-0.2, 0) is 14.3 Å². The van der Waals surface area contributed by atoms with E-state index in [0.29, 0.717) is 6.42 Å². The second-order valence-corrected chi connectivity index (χ2v) is 4.58. The van der Waals surface area contributed by atoms with Crippen molar-refractivity contribution in [2.24, 2.45) is 0 Å². The van der Waals surface area contributed by atoms with Gasteiger partial charge in [-0.3, -0.25) is 4.18 Å². The molecule has 0 aromatic heterocycles. The number of hydrogen-bond donors (Lipinski definition) is 0. The first-order valence-corrected chi connectivity index (χ1v) is 5.97. The Kier molecular flexibility index (Phi) is 4.10. The molecule has 0 saturated heterocycles. The third kappa shape index (κ3) is 3.89. The highest BCUT2D eigenvalue weighted by Crippen LogP contribution is 2.15. The zero-order valence-corrected chi connectivity index (χ0v) is 8.79. The van der Waals surface area contributed by atoms with Gasteiger partial charge in [0.15, 0.2) is 0 Å². The Hall–Kier alpha value is -0.870. The molecule has 4 heteroatoms. The van der Waals surface area contributed by atoms with E-state index in [1.165, 1.54) is 5.57 Å². The van der Waals surface area contributed by atoms with Crippen molar-refractivity contribution >= 4 is 10.1 Å². The number of hydrogen-bond acceptors (Lipinski definition) is 3. The molecule has 0 amide bonds. The standard InChI is InChI=1S/C10H14O3S/c1-2-14(11,12)13-9-8-10-6-4-3-5-7-10/h2-4,6H,1,5,7-9H2. The summed E-state index contributed by atoms with van der Waals surface area (Å²) in [5, 5.41) is 0.822. The van der Waals surface area contributed by atoms with Crippen molar-refractivity contribution in [2.45, 2.75) is 19.3 Å². The summed E-state index contributed by atoms with van der Waals surface area (Å²) < 4.78 is 26.4. The van der Waals surface area contributed by atoms with E-state index in [4.69, 9.17) is 0 Å². The largest absolute Gasteiger partial charge is 0.289 e. The molecule has 1 aliphatic rings. The fourth-order valence-corrected chi connectivity index (χ4v) is 1.61. The summed E-state index contributed by atoms with van der Waals surface area (Å²) in [6, 6.07) is 0. The maximum atomic E-state index is 10.9. The van der Waals surface area contributed by atoms with E-state index in [1.54, 1.807) is 0 Å². The minimum Gasteiger partial charge on any atom is -0.267 e. The fraction of sp³-hybridized carbons (Fsp3) is 0.400. The molecule has 1 aliphatic carbocycles. The SMILES string of the molecule is C=CS(=O)(=O)OCCC1=CC=CCC1. The van der Waals surface area contributed by atoms with Crippen LogP contribution in [0.25, 0.3) is 0 Å². The first-order chi connectivity index (χ1) is 6.64. The van der Waals surface area contributed by atoms with Crippen LogP contribution in [0.1, 0.15) is 19.3 Å². The summed E-state index contributed by atoms with van der Waals surface area (Å²) in [5.74, 6) is 0. The quantitative estimate of drug-likeness (QED) is 0.658. The summed E-state index contributed by atoms with van der Waals surface area (Å²) in [5.41, 5.74) is 1.23. The maximum absolute atomic E-state index is 10.9. The molecule has 0 aromatic carbocycles. The Balaban J connectivity index is 2.31. The molecular formula is C10H14O3S. The summed E-state index contributed by atoms with van der Waals surface area (Å²) in [4.78, 5) is 0. The highest BCUT2D eigenvalue weighted by Gasteiger charge is 2.05. The minimum atomic E-state index is -3.50. The van der Waals surface area contributed by atoms with Gasteiger partial charge >= 0.3 is 0 Å². The minimum absolute atomic E-state index is 0.202. The van der Waals surface area contributed by atoms with Gasteiger partial charge in [-0.15, -0.1) is 0 Å². The van der Waals surface area contributed by atoms with Gasteiger partial charge in [0.1, 0.15) is 0 Å². The summed E-state index contributed by atoms with van der Waals surface area (Å²) in [7, 11) is -3.50. The van der Waals surface area contributed by atoms with Crippen molar-refractivity contribution in [3.8, 4) is 0 Å². The number of rotatable bonds is 5. The van der Waals surface area contributed by atoms with E-state index in [2.05, 4.69) is 16.8 Å². The van der Waals surface area contributed by atoms with Gasteiger partial charge < -0.3 is 0 Å². The van der Waals surface area contributed by atoms with Gasteiger partial charge in [0.25, 0.3) is 10.1 Å². The van der Waals surface area contributed by atoms with Crippen molar-refractivity contribution in [2.75, 3.05) is 6.61 Å². The zero-order chi connectivity index (χ0) is 10.4. The Labute approximate surface area is 84.9 Å². The lowest BCUT2D eigenvalue weighted by molar-refractivity contribution is 0.326. The van der Waals surface area contributed by atoms with Gasteiger partial charge in [0.05, 0.1) is 12.0 Å². The van der Waals surface area contributed by atoms with Crippen molar-refractivity contribution < 1.29 is 12.6 Å². The predicted molar refractivity (Wildman–Crippen MR) is 56.1 cm³/mol. The molecule has 0 aromatic rings. The smallest absolute Gasteiger partial charge is 0.267 e. The second-order valence-electron chi connectivity index (χ2n) is 3.02. The fourth-order valence-electron chi connectivity index (χ4n) is 1.20. The molecule has 0 saturated carbocycles. The van der Waals surface area contributed by atoms with E-state index in [1.807, 2.05) is 12.2 Å². The molecular weight excluding hydrogens is 200 g/mol. The average Bonchev–Trinajstić information content (AvgIpc) is 2.19. The molecule has 0 aliphatic heterocycles.